The fourth-order valence-electron chi connectivity index (χ4n) is 3.61. The van der Waals surface area contributed by atoms with Gasteiger partial charge in [-0.15, -0.1) is 0 Å². The predicted octanol–water partition coefficient (Wildman–Crippen LogP) is 2.07. The number of nitrogens with zero attached hydrogens (tertiary/aromatic N) is 2. The van der Waals surface area contributed by atoms with Crippen LogP contribution in [0.3, 0.4) is 0 Å². The molecule has 0 radical (unpaired) electrons. The summed E-state index contributed by atoms with van der Waals surface area (Å²) in [7, 11) is 4.28. The number of likely N-dealkylation sites (N-methyl/N-ethyl adjacent to an activating group) is 1. The van der Waals surface area contributed by atoms with Gasteiger partial charge in [-0.1, -0.05) is 0 Å². The van der Waals surface area contributed by atoms with Crippen LogP contribution in [0.5, 0.6) is 0 Å². The molecule has 2 heterocycles. The molecule has 2 fully saturated rings. The summed E-state index contributed by atoms with van der Waals surface area (Å²) in [6.07, 6.45) is 8.45. The van der Waals surface area contributed by atoms with Crippen LogP contribution in [0.25, 0.3) is 0 Å². The zero-order chi connectivity index (χ0) is 13.2. The monoisotopic (exact) mass is 262 g/mol. The molecule has 0 aromatic carbocycles. The van der Waals surface area contributed by atoms with E-state index in [4.69, 9.17) is 0 Å². The van der Waals surface area contributed by atoms with Crippen LogP contribution in [0.4, 0.5) is 0 Å². The maximum Gasteiger partial charge on any atom is 0.109 e. The van der Waals surface area contributed by atoms with Gasteiger partial charge in [-0.05, 0) is 52.7 Å². The first kappa shape index (κ1) is 13.1. The van der Waals surface area contributed by atoms with Gasteiger partial charge in [0.2, 0.25) is 0 Å². The average Bonchev–Trinajstić information content (AvgIpc) is 3.07. The molecule has 4 heteroatoms. The summed E-state index contributed by atoms with van der Waals surface area (Å²) in [5.41, 5.74) is 1.36. The Hall–Kier alpha value is -0.870. The van der Waals surface area contributed by atoms with Gasteiger partial charge in [-0.25, -0.2) is 4.98 Å². The Morgan fingerprint density at radius 1 is 1.21 bits per heavy atom. The minimum absolute atomic E-state index is 0.650. The molecule has 106 valence electrons. The van der Waals surface area contributed by atoms with E-state index in [1.54, 1.807) is 0 Å². The Labute approximate surface area is 116 Å². The van der Waals surface area contributed by atoms with Gasteiger partial charge in [-0.3, -0.25) is 0 Å². The predicted molar refractivity (Wildman–Crippen MR) is 77.5 cm³/mol. The van der Waals surface area contributed by atoms with Crippen molar-refractivity contribution in [3.63, 3.8) is 0 Å². The number of hydrogen-bond acceptors (Lipinski definition) is 3. The summed E-state index contributed by atoms with van der Waals surface area (Å²) in [5, 5.41) is 3.39. The average molecular weight is 262 g/mol. The van der Waals surface area contributed by atoms with Gasteiger partial charge < -0.3 is 15.2 Å². The Morgan fingerprint density at radius 3 is 2.63 bits per heavy atom. The molecule has 1 aliphatic carbocycles. The molecule has 1 aliphatic heterocycles. The fraction of sp³-hybridized carbons (Fsp3) is 0.800. The van der Waals surface area contributed by atoms with Crippen molar-refractivity contribution in [3.8, 4) is 0 Å². The van der Waals surface area contributed by atoms with Crippen molar-refractivity contribution in [1.29, 1.82) is 0 Å². The molecule has 1 aromatic rings. The van der Waals surface area contributed by atoms with Gasteiger partial charge in [0.15, 0.2) is 0 Å². The highest BCUT2D eigenvalue weighted by Crippen LogP contribution is 2.32. The van der Waals surface area contributed by atoms with Gasteiger partial charge in [0.1, 0.15) is 5.82 Å². The van der Waals surface area contributed by atoms with Gasteiger partial charge in [0, 0.05) is 36.3 Å². The summed E-state index contributed by atoms with van der Waals surface area (Å²) < 4.78 is 0. The van der Waals surface area contributed by atoms with E-state index in [0.717, 1.165) is 0 Å². The van der Waals surface area contributed by atoms with E-state index in [-0.39, 0.29) is 0 Å². The molecule has 3 rings (SSSR count). The quantitative estimate of drug-likeness (QED) is 0.876. The smallest absolute Gasteiger partial charge is 0.109 e. The number of rotatable bonds is 3. The number of H-pyrrole nitrogens is 1. The Bertz CT molecular complexity index is 406. The summed E-state index contributed by atoms with van der Waals surface area (Å²) in [6.45, 7) is 2.39. The first-order valence-corrected chi connectivity index (χ1v) is 7.67. The minimum Gasteiger partial charge on any atom is -0.345 e. The molecule has 1 aromatic heterocycles. The van der Waals surface area contributed by atoms with Crippen molar-refractivity contribution >= 4 is 0 Å². The number of aromatic nitrogens is 2. The lowest BCUT2D eigenvalue weighted by molar-refractivity contribution is 0.351. The number of hydrogen-bond donors (Lipinski definition) is 2. The third-order valence-electron chi connectivity index (χ3n) is 4.97. The molecular weight excluding hydrogens is 236 g/mol. The first-order valence-electron chi connectivity index (χ1n) is 7.67. The van der Waals surface area contributed by atoms with Crippen molar-refractivity contribution in [2.45, 2.75) is 50.0 Å². The van der Waals surface area contributed by atoms with Crippen molar-refractivity contribution in [2.24, 2.45) is 0 Å². The normalized spacial score (nSPS) is 32.8. The summed E-state index contributed by atoms with van der Waals surface area (Å²) in [4.78, 5) is 10.7. The van der Waals surface area contributed by atoms with Gasteiger partial charge in [0.25, 0.3) is 0 Å². The molecule has 4 nitrogen and oxygen atoms in total. The SMILES string of the molecule is CNC1CCC(c2ncc(C3CCN(C)C3)[nH]2)CC1. The topological polar surface area (TPSA) is 44.0 Å². The van der Waals surface area contributed by atoms with Gasteiger partial charge in [-0.2, -0.15) is 0 Å². The van der Waals surface area contributed by atoms with Crippen LogP contribution in [0, 0.1) is 0 Å². The van der Waals surface area contributed by atoms with Crippen molar-refractivity contribution in [1.82, 2.24) is 20.2 Å². The van der Waals surface area contributed by atoms with Crippen molar-refractivity contribution < 1.29 is 0 Å². The Morgan fingerprint density at radius 2 is 2.00 bits per heavy atom. The highest BCUT2D eigenvalue weighted by atomic mass is 15.1. The zero-order valence-electron chi connectivity index (χ0n) is 12.2. The lowest BCUT2D eigenvalue weighted by atomic mass is 9.85. The van der Waals surface area contributed by atoms with Crippen molar-refractivity contribution in [2.75, 3.05) is 27.2 Å². The zero-order valence-corrected chi connectivity index (χ0v) is 12.2. The number of imidazole rings is 1. The standard InChI is InChI=1S/C15H26N4/c1-16-13-5-3-11(4-6-13)15-17-9-14(18-15)12-7-8-19(2)10-12/h9,11-13,16H,3-8,10H2,1-2H3,(H,17,18). The molecule has 0 amide bonds. The highest BCUT2D eigenvalue weighted by molar-refractivity contribution is 5.13. The van der Waals surface area contributed by atoms with Crippen LogP contribution in [0.1, 0.15) is 55.5 Å². The number of aromatic amines is 1. The van der Waals surface area contributed by atoms with E-state index in [2.05, 4.69) is 40.5 Å². The first-order chi connectivity index (χ1) is 9.26. The molecule has 0 spiro atoms. The number of nitrogens with one attached hydrogen (secondary N) is 2. The van der Waals surface area contributed by atoms with E-state index in [9.17, 15) is 0 Å². The van der Waals surface area contributed by atoms with Crippen LogP contribution < -0.4 is 5.32 Å². The van der Waals surface area contributed by atoms with Crippen molar-refractivity contribution in [3.05, 3.63) is 17.7 Å². The van der Waals surface area contributed by atoms with E-state index in [1.807, 2.05) is 0 Å². The largest absolute Gasteiger partial charge is 0.345 e. The van der Waals surface area contributed by atoms with E-state index < -0.39 is 0 Å². The fourth-order valence-corrected chi connectivity index (χ4v) is 3.61. The van der Waals surface area contributed by atoms with E-state index >= 15 is 0 Å². The molecule has 2 aliphatic rings. The maximum atomic E-state index is 4.67. The lowest BCUT2D eigenvalue weighted by Gasteiger charge is -2.26. The van der Waals surface area contributed by atoms with E-state index in [1.165, 1.54) is 56.7 Å². The number of likely N-dealkylation sites (tertiary alicyclic amines) is 1. The molecule has 1 unspecified atom stereocenters. The molecular formula is C15H26N4. The van der Waals surface area contributed by atoms with E-state index in [0.29, 0.717) is 17.9 Å². The maximum absolute atomic E-state index is 4.67. The molecule has 2 N–H and O–H groups in total. The highest BCUT2D eigenvalue weighted by Gasteiger charge is 2.26. The van der Waals surface area contributed by atoms with Crippen LogP contribution in [0.15, 0.2) is 6.20 Å². The summed E-state index contributed by atoms with van der Waals surface area (Å²) >= 11 is 0. The van der Waals surface area contributed by atoms with Crippen LogP contribution >= 0.6 is 0 Å². The van der Waals surface area contributed by atoms with Gasteiger partial charge >= 0.3 is 0 Å². The molecule has 1 atom stereocenters. The minimum atomic E-state index is 0.650. The van der Waals surface area contributed by atoms with Crippen LogP contribution in [0.2, 0.25) is 0 Å². The Kier molecular flexibility index (Phi) is 3.89. The van der Waals surface area contributed by atoms with Crippen LogP contribution in [-0.2, 0) is 0 Å². The summed E-state index contributed by atoms with van der Waals surface area (Å²) in [6, 6.07) is 0.717. The molecule has 0 bridgehead atoms. The summed E-state index contributed by atoms with van der Waals surface area (Å²) in [5.74, 6) is 2.55. The second-order valence-corrected chi connectivity index (χ2v) is 6.31. The van der Waals surface area contributed by atoms with Crippen LogP contribution in [-0.4, -0.2) is 48.1 Å². The second-order valence-electron chi connectivity index (χ2n) is 6.31. The lowest BCUT2D eigenvalue weighted by Crippen LogP contribution is -2.29. The third kappa shape index (κ3) is 2.84. The van der Waals surface area contributed by atoms with Gasteiger partial charge in [0.05, 0.1) is 0 Å². The second kappa shape index (κ2) is 5.63. The third-order valence-corrected chi connectivity index (χ3v) is 4.97. The Balaban J connectivity index is 1.62. The molecule has 1 saturated heterocycles. The molecule has 1 saturated carbocycles. The molecule has 19 heavy (non-hydrogen) atoms.